The molecule has 1 saturated heterocycles. The summed E-state index contributed by atoms with van der Waals surface area (Å²) >= 11 is 0. The number of hydrogen-bond donors (Lipinski definition) is 4. The number of aliphatic hydroxyl groups excluding tert-OH is 4. The molecule has 5 heteroatoms. The minimum atomic E-state index is -1.38. The van der Waals surface area contributed by atoms with Crippen molar-refractivity contribution in [2.75, 3.05) is 6.61 Å². The molecule has 0 aromatic rings. The van der Waals surface area contributed by atoms with Gasteiger partial charge >= 0.3 is 0 Å². The van der Waals surface area contributed by atoms with Gasteiger partial charge in [-0.15, -0.1) is 0 Å². The van der Waals surface area contributed by atoms with E-state index in [-0.39, 0.29) is 0 Å². The summed E-state index contributed by atoms with van der Waals surface area (Å²) in [4.78, 5) is 0. The third kappa shape index (κ3) is 1.14. The molecule has 0 aliphatic carbocycles. The summed E-state index contributed by atoms with van der Waals surface area (Å²) in [6.07, 6.45) is -4.76. The maximum Gasteiger partial charge on any atom is 0.184 e. The lowest BCUT2D eigenvalue weighted by atomic mass is 10.1. The van der Waals surface area contributed by atoms with Gasteiger partial charge in [-0.2, -0.15) is 0 Å². The third-order valence-electron chi connectivity index (χ3n) is 1.52. The van der Waals surface area contributed by atoms with Crippen molar-refractivity contribution >= 4 is 0 Å². The van der Waals surface area contributed by atoms with Crippen LogP contribution in [-0.4, -0.2) is 51.6 Å². The number of aliphatic hydroxyl groups is 4. The molecule has 0 bridgehead atoms. The summed E-state index contributed by atoms with van der Waals surface area (Å²) in [5, 5.41) is 35.0. The van der Waals surface area contributed by atoms with Crippen molar-refractivity contribution in [3.8, 4) is 0 Å². The second-order valence-corrected chi connectivity index (χ2v) is 2.23. The predicted molar refractivity (Wildman–Crippen MR) is 30.0 cm³/mol. The van der Waals surface area contributed by atoms with Crippen LogP contribution in [0.15, 0.2) is 0 Å². The fourth-order valence-corrected chi connectivity index (χ4v) is 0.880. The van der Waals surface area contributed by atoms with Crippen LogP contribution < -0.4 is 0 Å². The van der Waals surface area contributed by atoms with E-state index in [2.05, 4.69) is 4.74 Å². The van der Waals surface area contributed by atoms with Crippen LogP contribution >= 0.6 is 0 Å². The average Bonchev–Trinajstić information content (AvgIpc) is 2.17. The standard InChI is InChI=1S/C5H10O5/c6-1-2-3(7)4(8)5(9)10-2/h2-9H,1H2/t2-,3+,4+,5+/m0/s1. The summed E-state index contributed by atoms with van der Waals surface area (Å²) < 4.78 is 4.54. The Labute approximate surface area is 57.5 Å². The molecule has 1 heterocycles. The Morgan fingerprint density at radius 2 is 1.70 bits per heavy atom. The Balaban J connectivity index is 2.53. The Kier molecular flexibility index (Phi) is 2.22. The minimum absolute atomic E-state index is 0.407. The molecule has 0 radical (unpaired) electrons. The number of ether oxygens (including phenoxy) is 1. The summed E-state index contributed by atoms with van der Waals surface area (Å²) in [5.41, 5.74) is 0. The zero-order chi connectivity index (χ0) is 7.72. The highest BCUT2D eigenvalue weighted by Gasteiger charge is 2.41. The summed E-state index contributed by atoms with van der Waals surface area (Å²) in [6, 6.07) is 0. The highest BCUT2D eigenvalue weighted by atomic mass is 16.6. The molecule has 1 aliphatic rings. The zero-order valence-corrected chi connectivity index (χ0v) is 5.21. The molecule has 0 saturated carbocycles. The van der Waals surface area contributed by atoms with E-state index in [9.17, 15) is 0 Å². The SMILES string of the molecule is OC[C@@H]1O[C@@H](O)[C@H](O)[C@@H]1O. The van der Waals surface area contributed by atoms with E-state index in [1.807, 2.05) is 0 Å². The van der Waals surface area contributed by atoms with Crippen LogP contribution in [0.1, 0.15) is 0 Å². The molecule has 1 aliphatic heterocycles. The van der Waals surface area contributed by atoms with Crippen molar-refractivity contribution in [1.29, 1.82) is 0 Å². The first-order valence-electron chi connectivity index (χ1n) is 2.97. The van der Waals surface area contributed by atoms with Gasteiger partial charge in [0, 0.05) is 0 Å². The molecule has 0 spiro atoms. The smallest absolute Gasteiger partial charge is 0.184 e. The molecular weight excluding hydrogens is 140 g/mol. The van der Waals surface area contributed by atoms with Gasteiger partial charge < -0.3 is 25.2 Å². The molecular formula is C5H10O5. The van der Waals surface area contributed by atoms with Gasteiger partial charge in [-0.3, -0.25) is 0 Å². The topological polar surface area (TPSA) is 90.2 Å². The highest BCUT2D eigenvalue weighted by Crippen LogP contribution is 2.18. The van der Waals surface area contributed by atoms with E-state index in [0.717, 1.165) is 0 Å². The van der Waals surface area contributed by atoms with Gasteiger partial charge in [-0.05, 0) is 0 Å². The first kappa shape index (κ1) is 7.90. The van der Waals surface area contributed by atoms with Crippen LogP contribution in [0.3, 0.4) is 0 Å². The fraction of sp³-hybridized carbons (Fsp3) is 1.00. The van der Waals surface area contributed by atoms with Gasteiger partial charge in [-0.1, -0.05) is 0 Å². The number of hydrogen-bond acceptors (Lipinski definition) is 5. The average molecular weight is 150 g/mol. The van der Waals surface area contributed by atoms with Gasteiger partial charge in [0.2, 0.25) is 0 Å². The zero-order valence-electron chi connectivity index (χ0n) is 5.21. The first-order valence-corrected chi connectivity index (χ1v) is 2.97. The molecule has 1 rings (SSSR count). The fourth-order valence-electron chi connectivity index (χ4n) is 0.880. The maximum absolute atomic E-state index is 8.93. The number of rotatable bonds is 1. The largest absolute Gasteiger partial charge is 0.394 e. The van der Waals surface area contributed by atoms with Crippen LogP contribution in [0.5, 0.6) is 0 Å². The van der Waals surface area contributed by atoms with Crippen LogP contribution in [0.2, 0.25) is 0 Å². The lowest BCUT2D eigenvalue weighted by Gasteiger charge is -2.09. The molecule has 4 atom stereocenters. The molecule has 60 valence electrons. The molecule has 1 fully saturated rings. The Hall–Kier alpha value is -0.200. The van der Waals surface area contributed by atoms with Crippen molar-refractivity contribution in [3.05, 3.63) is 0 Å². The molecule has 5 nitrogen and oxygen atoms in total. The normalized spacial score (nSPS) is 48.0. The van der Waals surface area contributed by atoms with Gasteiger partial charge in [0.1, 0.15) is 18.3 Å². The first-order chi connectivity index (χ1) is 4.66. The second-order valence-electron chi connectivity index (χ2n) is 2.23. The highest BCUT2D eigenvalue weighted by molar-refractivity contribution is 4.84. The molecule has 0 amide bonds. The van der Waals surface area contributed by atoms with E-state index in [1.54, 1.807) is 0 Å². The van der Waals surface area contributed by atoms with Crippen molar-refractivity contribution in [3.63, 3.8) is 0 Å². The lowest BCUT2D eigenvalue weighted by molar-refractivity contribution is -0.132. The van der Waals surface area contributed by atoms with Crippen LogP contribution in [0.4, 0.5) is 0 Å². The molecule has 10 heavy (non-hydrogen) atoms. The van der Waals surface area contributed by atoms with E-state index in [0.29, 0.717) is 0 Å². The van der Waals surface area contributed by atoms with E-state index in [1.165, 1.54) is 0 Å². The van der Waals surface area contributed by atoms with Crippen LogP contribution in [0.25, 0.3) is 0 Å². The monoisotopic (exact) mass is 150 g/mol. The van der Waals surface area contributed by atoms with Crippen molar-refractivity contribution < 1.29 is 25.2 Å². The Morgan fingerprint density at radius 1 is 1.10 bits per heavy atom. The Morgan fingerprint density at radius 3 is 1.90 bits per heavy atom. The van der Waals surface area contributed by atoms with Crippen molar-refractivity contribution in [2.24, 2.45) is 0 Å². The molecule has 0 aromatic heterocycles. The van der Waals surface area contributed by atoms with Crippen molar-refractivity contribution in [2.45, 2.75) is 24.6 Å². The quantitative estimate of drug-likeness (QED) is 0.329. The molecule has 4 N–H and O–H groups in total. The third-order valence-corrected chi connectivity index (χ3v) is 1.52. The maximum atomic E-state index is 8.93. The van der Waals surface area contributed by atoms with Gasteiger partial charge in [0.05, 0.1) is 6.61 Å². The van der Waals surface area contributed by atoms with E-state index >= 15 is 0 Å². The summed E-state index contributed by atoms with van der Waals surface area (Å²) in [5.74, 6) is 0. The van der Waals surface area contributed by atoms with Gasteiger partial charge in [-0.25, -0.2) is 0 Å². The van der Waals surface area contributed by atoms with Crippen LogP contribution in [-0.2, 0) is 4.74 Å². The lowest BCUT2D eigenvalue weighted by Crippen LogP contribution is -2.33. The second kappa shape index (κ2) is 2.81. The van der Waals surface area contributed by atoms with Crippen molar-refractivity contribution in [1.82, 2.24) is 0 Å². The minimum Gasteiger partial charge on any atom is -0.394 e. The molecule has 0 aromatic carbocycles. The van der Waals surface area contributed by atoms with E-state index < -0.39 is 31.2 Å². The predicted octanol–water partition coefficient (Wildman–Crippen LogP) is -2.58. The van der Waals surface area contributed by atoms with Crippen LogP contribution in [0, 0.1) is 0 Å². The summed E-state index contributed by atoms with van der Waals surface area (Å²) in [6.45, 7) is -0.407. The van der Waals surface area contributed by atoms with Gasteiger partial charge in [0.25, 0.3) is 0 Å². The Bertz CT molecular complexity index is 117. The van der Waals surface area contributed by atoms with E-state index in [4.69, 9.17) is 20.4 Å². The summed E-state index contributed by atoms with van der Waals surface area (Å²) in [7, 11) is 0. The van der Waals surface area contributed by atoms with Gasteiger partial charge in [0.15, 0.2) is 6.29 Å². The molecule has 0 unspecified atom stereocenters.